The zero-order valence-electron chi connectivity index (χ0n) is 10.9. The van der Waals surface area contributed by atoms with Crippen molar-refractivity contribution < 1.29 is 0 Å². The fourth-order valence-electron chi connectivity index (χ4n) is 3.04. The van der Waals surface area contributed by atoms with E-state index in [2.05, 4.69) is 73.7 Å². The molecule has 0 atom stereocenters. The fourth-order valence-corrected chi connectivity index (χ4v) is 3.04. The van der Waals surface area contributed by atoms with Crippen molar-refractivity contribution in [3.05, 3.63) is 81.2 Å². The molecule has 0 N–H and O–H groups in total. The van der Waals surface area contributed by atoms with Crippen LogP contribution in [-0.4, -0.2) is 0 Å². The Kier molecular flexibility index (Phi) is 2.13. The van der Waals surface area contributed by atoms with E-state index >= 15 is 0 Å². The molecular formula is C19H14. The molecule has 0 aliphatic heterocycles. The molecule has 2 aliphatic carbocycles. The number of rotatable bonds is 1. The minimum atomic E-state index is 1.31. The minimum Gasteiger partial charge on any atom is -0.0622 e. The SMILES string of the molecule is CC1=C(c2ccccc2)c2cc3c(cc2=C1)C=CC=3. The second-order valence-corrected chi connectivity index (χ2v) is 5.16. The van der Waals surface area contributed by atoms with Gasteiger partial charge in [0.2, 0.25) is 0 Å². The monoisotopic (exact) mass is 242 g/mol. The standard InChI is InChI=1S/C19H14/c1-13-10-17-11-15-8-5-9-16(15)12-18(17)19(13)14-6-3-2-4-7-14/h2-12H,1H3. The number of fused-ring (bicyclic) bond motifs is 2. The maximum Gasteiger partial charge on any atom is -0.00757 e. The van der Waals surface area contributed by atoms with E-state index in [1.165, 1.54) is 38.3 Å². The van der Waals surface area contributed by atoms with Crippen molar-refractivity contribution >= 4 is 23.8 Å². The summed E-state index contributed by atoms with van der Waals surface area (Å²) in [6.45, 7) is 2.20. The van der Waals surface area contributed by atoms with Crippen molar-refractivity contribution in [3.8, 4) is 0 Å². The molecule has 0 saturated carbocycles. The fraction of sp³-hybridized carbons (Fsp3) is 0.0526. The van der Waals surface area contributed by atoms with E-state index in [0.29, 0.717) is 0 Å². The molecule has 0 unspecified atom stereocenters. The molecule has 4 rings (SSSR count). The van der Waals surface area contributed by atoms with Gasteiger partial charge in [0, 0.05) is 0 Å². The Bertz CT molecular complexity index is 847. The zero-order chi connectivity index (χ0) is 12.8. The third-order valence-corrected chi connectivity index (χ3v) is 3.90. The van der Waals surface area contributed by atoms with Gasteiger partial charge in [-0.05, 0) is 57.3 Å². The number of hydrogen-bond donors (Lipinski definition) is 0. The van der Waals surface area contributed by atoms with Gasteiger partial charge in [-0.2, -0.15) is 0 Å². The predicted octanol–water partition coefficient (Wildman–Crippen LogP) is 3.11. The first-order valence-corrected chi connectivity index (χ1v) is 6.64. The molecule has 0 spiro atoms. The maximum atomic E-state index is 2.32. The average Bonchev–Trinajstić information content (AvgIpc) is 2.99. The minimum absolute atomic E-state index is 1.31. The summed E-state index contributed by atoms with van der Waals surface area (Å²) < 4.78 is 0. The molecule has 0 nitrogen and oxygen atoms in total. The van der Waals surface area contributed by atoms with Crippen molar-refractivity contribution in [3.63, 3.8) is 0 Å². The molecule has 2 aliphatic rings. The van der Waals surface area contributed by atoms with Gasteiger partial charge in [-0.15, -0.1) is 0 Å². The van der Waals surface area contributed by atoms with Crippen molar-refractivity contribution in [2.75, 3.05) is 0 Å². The Labute approximate surface area is 112 Å². The second kappa shape index (κ2) is 3.83. The molecule has 0 bridgehead atoms. The van der Waals surface area contributed by atoms with Crippen LogP contribution in [0.15, 0.2) is 54.1 Å². The van der Waals surface area contributed by atoms with Crippen LogP contribution in [0.1, 0.15) is 23.6 Å². The smallest absolute Gasteiger partial charge is 0.00757 e. The molecule has 0 radical (unpaired) electrons. The summed E-state index contributed by atoms with van der Waals surface area (Å²) >= 11 is 0. The van der Waals surface area contributed by atoms with Crippen LogP contribution in [0, 0.1) is 0 Å². The van der Waals surface area contributed by atoms with Gasteiger partial charge in [-0.1, -0.05) is 54.6 Å². The van der Waals surface area contributed by atoms with E-state index in [-0.39, 0.29) is 0 Å². The van der Waals surface area contributed by atoms with E-state index in [1.807, 2.05) is 0 Å². The lowest BCUT2D eigenvalue weighted by atomic mass is 9.96. The second-order valence-electron chi connectivity index (χ2n) is 5.16. The summed E-state index contributed by atoms with van der Waals surface area (Å²) in [7, 11) is 0. The highest BCUT2D eigenvalue weighted by Gasteiger charge is 2.15. The van der Waals surface area contributed by atoms with E-state index in [0.717, 1.165) is 0 Å². The van der Waals surface area contributed by atoms with Crippen molar-refractivity contribution in [2.24, 2.45) is 0 Å². The van der Waals surface area contributed by atoms with Gasteiger partial charge in [0.1, 0.15) is 0 Å². The first-order chi connectivity index (χ1) is 9.33. The van der Waals surface area contributed by atoms with Crippen LogP contribution in [0.4, 0.5) is 0 Å². The Morgan fingerprint density at radius 3 is 2.58 bits per heavy atom. The molecule has 0 saturated heterocycles. The van der Waals surface area contributed by atoms with Crippen LogP contribution in [0.5, 0.6) is 0 Å². The lowest BCUT2D eigenvalue weighted by Crippen LogP contribution is -2.14. The van der Waals surface area contributed by atoms with Crippen LogP contribution >= 0.6 is 0 Å². The number of allylic oxidation sites excluding steroid dienone is 2. The molecular weight excluding hydrogens is 228 g/mol. The summed E-state index contributed by atoms with van der Waals surface area (Å²) in [5.41, 5.74) is 6.73. The first kappa shape index (κ1) is 10.6. The normalized spacial score (nSPS) is 15.0. The summed E-state index contributed by atoms with van der Waals surface area (Å²) in [4.78, 5) is 0. The van der Waals surface area contributed by atoms with E-state index < -0.39 is 0 Å². The summed E-state index contributed by atoms with van der Waals surface area (Å²) in [5, 5.41) is 2.67. The summed E-state index contributed by atoms with van der Waals surface area (Å²) in [6, 6.07) is 15.3. The van der Waals surface area contributed by atoms with Crippen molar-refractivity contribution in [2.45, 2.75) is 6.92 Å². The molecule has 0 amide bonds. The summed E-state index contributed by atoms with van der Waals surface area (Å²) in [5.74, 6) is 0. The lowest BCUT2D eigenvalue weighted by Gasteiger charge is -2.07. The maximum absolute atomic E-state index is 2.32. The van der Waals surface area contributed by atoms with E-state index in [9.17, 15) is 0 Å². The highest BCUT2D eigenvalue weighted by molar-refractivity contribution is 5.92. The van der Waals surface area contributed by atoms with E-state index in [1.54, 1.807) is 0 Å². The summed E-state index contributed by atoms with van der Waals surface area (Å²) in [6.07, 6.45) is 8.79. The quantitative estimate of drug-likeness (QED) is 0.721. The van der Waals surface area contributed by atoms with Gasteiger partial charge in [0.15, 0.2) is 0 Å². The Morgan fingerprint density at radius 2 is 1.74 bits per heavy atom. The topological polar surface area (TPSA) is 0 Å². The van der Waals surface area contributed by atoms with Gasteiger partial charge < -0.3 is 0 Å². The Hall–Kier alpha value is -2.34. The number of benzene rings is 2. The molecule has 0 fully saturated rings. The van der Waals surface area contributed by atoms with Gasteiger partial charge in [-0.3, -0.25) is 0 Å². The molecule has 19 heavy (non-hydrogen) atoms. The first-order valence-electron chi connectivity index (χ1n) is 6.64. The van der Waals surface area contributed by atoms with Gasteiger partial charge in [0.25, 0.3) is 0 Å². The lowest BCUT2D eigenvalue weighted by molar-refractivity contribution is 1.47. The number of hydrogen-bond acceptors (Lipinski definition) is 0. The van der Waals surface area contributed by atoms with Crippen LogP contribution in [0.2, 0.25) is 0 Å². The third kappa shape index (κ3) is 1.53. The zero-order valence-corrected chi connectivity index (χ0v) is 10.9. The van der Waals surface area contributed by atoms with Crippen molar-refractivity contribution in [1.29, 1.82) is 0 Å². The highest BCUT2D eigenvalue weighted by Crippen LogP contribution is 2.28. The van der Waals surface area contributed by atoms with Gasteiger partial charge in [0.05, 0.1) is 0 Å². The molecule has 2 aromatic carbocycles. The van der Waals surface area contributed by atoms with Gasteiger partial charge in [-0.25, -0.2) is 0 Å². The molecule has 0 heterocycles. The molecule has 0 aromatic heterocycles. The third-order valence-electron chi connectivity index (χ3n) is 3.90. The molecule has 2 aromatic rings. The largest absolute Gasteiger partial charge is 0.0622 e. The molecule has 0 heteroatoms. The van der Waals surface area contributed by atoms with Crippen LogP contribution in [-0.2, 0) is 0 Å². The Balaban J connectivity index is 1.99. The Morgan fingerprint density at radius 1 is 0.895 bits per heavy atom. The average molecular weight is 242 g/mol. The van der Waals surface area contributed by atoms with Crippen molar-refractivity contribution in [1.82, 2.24) is 0 Å². The van der Waals surface area contributed by atoms with Crippen LogP contribution in [0.3, 0.4) is 0 Å². The highest BCUT2D eigenvalue weighted by atomic mass is 14.2. The van der Waals surface area contributed by atoms with Crippen LogP contribution in [0.25, 0.3) is 23.8 Å². The molecule has 90 valence electrons. The predicted molar refractivity (Wildman–Crippen MR) is 81.8 cm³/mol. The van der Waals surface area contributed by atoms with Gasteiger partial charge >= 0.3 is 0 Å². The van der Waals surface area contributed by atoms with Crippen LogP contribution < -0.4 is 10.4 Å². The van der Waals surface area contributed by atoms with E-state index in [4.69, 9.17) is 0 Å².